The van der Waals surface area contributed by atoms with Crippen LogP contribution in [0, 0.1) is 0 Å². The summed E-state index contributed by atoms with van der Waals surface area (Å²) < 4.78 is 0. The number of hydrogen-bond donors (Lipinski definition) is 2. The molecule has 5 nitrogen and oxygen atoms in total. The maximum atomic E-state index is 5.25. The van der Waals surface area contributed by atoms with Crippen molar-refractivity contribution in [2.75, 3.05) is 11.4 Å². The summed E-state index contributed by atoms with van der Waals surface area (Å²) >= 11 is 0. The molecule has 1 spiro atoms. The molecular formula is C45H33N5. The van der Waals surface area contributed by atoms with Gasteiger partial charge < -0.3 is 15.5 Å². The molecule has 50 heavy (non-hydrogen) atoms. The molecular weight excluding hydrogens is 611 g/mol. The number of anilines is 3. The van der Waals surface area contributed by atoms with Gasteiger partial charge in [0.1, 0.15) is 11.7 Å². The summed E-state index contributed by atoms with van der Waals surface area (Å²) in [5, 5.41) is 7.44. The number of dihydropyridines is 1. The van der Waals surface area contributed by atoms with E-state index in [9.17, 15) is 0 Å². The van der Waals surface area contributed by atoms with Crippen LogP contribution in [0.1, 0.15) is 45.1 Å². The van der Waals surface area contributed by atoms with Gasteiger partial charge in [-0.15, -0.1) is 0 Å². The fourth-order valence-corrected chi connectivity index (χ4v) is 8.22. The second-order valence-electron chi connectivity index (χ2n) is 13.0. The van der Waals surface area contributed by atoms with Gasteiger partial charge in [-0.05, 0) is 58.1 Å². The van der Waals surface area contributed by atoms with Gasteiger partial charge in [0.15, 0.2) is 6.17 Å². The zero-order chi connectivity index (χ0) is 33.1. The molecule has 0 amide bonds. The molecule has 6 aromatic carbocycles. The largest absolute Gasteiger partial charge is 0.383 e. The maximum Gasteiger partial charge on any atom is 0.169 e. The Morgan fingerprint density at radius 2 is 1.14 bits per heavy atom. The van der Waals surface area contributed by atoms with Crippen LogP contribution in [0.15, 0.2) is 186 Å². The van der Waals surface area contributed by atoms with Crippen LogP contribution in [-0.4, -0.2) is 18.2 Å². The molecule has 0 unspecified atom stereocenters. The van der Waals surface area contributed by atoms with E-state index in [-0.39, 0.29) is 0 Å². The minimum atomic E-state index is -0.561. The van der Waals surface area contributed by atoms with Crippen LogP contribution in [-0.2, 0) is 5.41 Å². The number of fused-ring (bicyclic) bond motifs is 8. The third-order valence-electron chi connectivity index (χ3n) is 10.3. The van der Waals surface area contributed by atoms with Gasteiger partial charge in [0.2, 0.25) is 0 Å². The summed E-state index contributed by atoms with van der Waals surface area (Å²) in [6, 6.07) is 56.1. The molecule has 5 heteroatoms. The van der Waals surface area contributed by atoms with Gasteiger partial charge in [0.05, 0.1) is 16.8 Å². The van der Waals surface area contributed by atoms with E-state index < -0.39 is 11.6 Å². The SMILES string of the molecule is C1=CC2=C(NC1)C1(c3cc(C4N=C(c5ccccc5)NC(c5ccccc5)=N4)ccc32)c2ccccc2N(c2ccccc2)c2ccccc21. The molecule has 3 aliphatic heterocycles. The van der Waals surface area contributed by atoms with Gasteiger partial charge in [-0.2, -0.15) is 0 Å². The number of hydrogen-bond acceptors (Lipinski definition) is 5. The molecule has 0 aromatic heterocycles. The van der Waals surface area contributed by atoms with Gasteiger partial charge >= 0.3 is 0 Å². The lowest BCUT2D eigenvalue weighted by molar-refractivity contribution is 0.655. The highest BCUT2D eigenvalue weighted by Crippen LogP contribution is 2.62. The van der Waals surface area contributed by atoms with E-state index in [1.54, 1.807) is 0 Å². The lowest BCUT2D eigenvalue weighted by Crippen LogP contribution is -2.41. The number of rotatable bonds is 4. The molecule has 10 rings (SSSR count). The first-order valence-corrected chi connectivity index (χ1v) is 17.2. The van der Waals surface area contributed by atoms with Gasteiger partial charge in [-0.3, -0.25) is 0 Å². The molecule has 6 aromatic rings. The Labute approximate surface area is 291 Å². The Bertz CT molecular complexity index is 2300. The Hall–Kier alpha value is -6.46. The van der Waals surface area contributed by atoms with E-state index in [1.165, 1.54) is 44.9 Å². The van der Waals surface area contributed by atoms with Gasteiger partial charge in [-0.25, -0.2) is 9.98 Å². The fourth-order valence-electron chi connectivity index (χ4n) is 8.22. The number of allylic oxidation sites excluding steroid dienone is 3. The topological polar surface area (TPSA) is 52.0 Å². The summed E-state index contributed by atoms with van der Waals surface area (Å²) in [4.78, 5) is 12.9. The fraction of sp³-hybridized carbons (Fsp3) is 0.0667. The number of nitrogens with zero attached hydrogens (tertiary/aromatic N) is 3. The van der Waals surface area contributed by atoms with Crippen molar-refractivity contribution in [1.29, 1.82) is 0 Å². The highest BCUT2D eigenvalue weighted by molar-refractivity contribution is 6.15. The minimum absolute atomic E-state index is 0.431. The van der Waals surface area contributed by atoms with Crippen LogP contribution in [0.2, 0.25) is 0 Å². The van der Waals surface area contributed by atoms with E-state index in [2.05, 4.69) is 173 Å². The van der Waals surface area contributed by atoms with Crippen molar-refractivity contribution in [1.82, 2.24) is 10.6 Å². The second kappa shape index (κ2) is 11.3. The number of nitrogens with one attached hydrogen (secondary N) is 2. The molecule has 1 aliphatic carbocycles. The molecule has 0 radical (unpaired) electrons. The summed E-state index contributed by atoms with van der Waals surface area (Å²) in [6.07, 6.45) is 4.10. The number of amidine groups is 2. The minimum Gasteiger partial charge on any atom is -0.383 e. The van der Waals surface area contributed by atoms with Gasteiger partial charge in [0, 0.05) is 34.6 Å². The van der Waals surface area contributed by atoms with Crippen molar-refractivity contribution in [2.45, 2.75) is 11.6 Å². The summed E-state index contributed by atoms with van der Waals surface area (Å²) in [5.41, 5.74) is 13.5. The van der Waals surface area contributed by atoms with Crippen molar-refractivity contribution >= 4 is 34.3 Å². The van der Waals surface area contributed by atoms with E-state index >= 15 is 0 Å². The normalized spacial score (nSPS) is 16.8. The van der Waals surface area contributed by atoms with Crippen LogP contribution in [0.4, 0.5) is 17.1 Å². The molecule has 0 bridgehead atoms. The molecule has 3 heterocycles. The van der Waals surface area contributed by atoms with E-state index in [4.69, 9.17) is 9.98 Å². The van der Waals surface area contributed by atoms with Crippen molar-refractivity contribution in [3.63, 3.8) is 0 Å². The van der Waals surface area contributed by atoms with Crippen LogP contribution in [0.5, 0.6) is 0 Å². The number of benzene rings is 6. The summed E-state index contributed by atoms with van der Waals surface area (Å²) in [5.74, 6) is 1.63. The highest BCUT2D eigenvalue weighted by atomic mass is 15.2. The summed E-state index contributed by atoms with van der Waals surface area (Å²) in [7, 11) is 0. The van der Waals surface area contributed by atoms with Crippen molar-refractivity contribution in [3.8, 4) is 0 Å². The quantitative estimate of drug-likeness (QED) is 0.201. The molecule has 0 atom stereocenters. The maximum absolute atomic E-state index is 5.25. The average molecular weight is 644 g/mol. The molecule has 4 aliphatic rings. The van der Waals surface area contributed by atoms with E-state index in [1.807, 2.05) is 12.1 Å². The molecule has 0 fully saturated rings. The summed E-state index contributed by atoms with van der Waals surface area (Å²) in [6.45, 7) is 0.776. The Morgan fingerprint density at radius 1 is 0.580 bits per heavy atom. The zero-order valence-corrected chi connectivity index (χ0v) is 27.3. The lowest BCUT2D eigenvalue weighted by Gasteiger charge is -2.46. The molecule has 238 valence electrons. The van der Waals surface area contributed by atoms with E-state index in [0.29, 0.717) is 0 Å². The Morgan fingerprint density at radius 3 is 1.76 bits per heavy atom. The molecule has 0 saturated heterocycles. The standard InChI is InChI=1S/C45H33N5/c1-4-15-30(16-5-1)42-47-43(31-17-6-2-7-18-31)49-44(48-42)32-26-27-34-35-21-14-28-46-41(35)45(38(34)29-32)36-22-10-12-24-39(36)50(33-19-8-3-9-20-33)40-25-13-11-23-37(40)45/h1-27,29,44,46H,28H2,(H,47,48,49). The number of para-hydroxylation sites is 3. The van der Waals surface area contributed by atoms with Crippen LogP contribution in [0.25, 0.3) is 5.57 Å². The van der Waals surface area contributed by atoms with Crippen molar-refractivity contribution in [3.05, 3.63) is 215 Å². The van der Waals surface area contributed by atoms with Gasteiger partial charge in [-0.1, -0.05) is 140 Å². The van der Waals surface area contributed by atoms with Crippen LogP contribution < -0.4 is 15.5 Å². The smallest absolute Gasteiger partial charge is 0.169 e. The Balaban J connectivity index is 1.22. The monoisotopic (exact) mass is 643 g/mol. The van der Waals surface area contributed by atoms with Crippen LogP contribution >= 0.6 is 0 Å². The van der Waals surface area contributed by atoms with E-state index in [0.717, 1.165) is 40.6 Å². The predicted octanol–water partition coefficient (Wildman–Crippen LogP) is 9.18. The lowest BCUT2D eigenvalue weighted by atomic mass is 9.65. The van der Waals surface area contributed by atoms with Crippen molar-refractivity contribution in [2.24, 2.45) is 9.98 Å². The highest BCUT2D eigenvalue weighted by Gasteiger charge is 2.53. The first-order valence-electron chi connectivity index (χ1n) is 17.2. The Kier molecular flexibility index (Phi) is 6.46. The zero-order valence-electron chi connectivity index (χ0n) is 27.3. The number of aliphatic imine (C=N–C) groups is 2. The van der Waals surface area contributed by atoms with Crippen molar-refractivity contribution < 1.29 is 0 Å². The third kappa shape index (κ3) is 4.20. The van der Waals surface area contributed by atoms with Crippen LogP contribution in [0.3, 0.4) is 0 Å². The predicted molar refractivity (Wildman–Crippen MR) is 203 cm³/mol. The second-order valence-corrected chi connectivity index (χ2v) is 13.0. The average Bonchev–Trinajstić information content (AvgIpc) is 3.49. The van der Waals surface area contributed by atoms with Gasteiger partial charge in [0.25, 0.3) is 0 Å². The first-order chi connectivity index (χ1) is 24.8. The molecule has 2 N–H and O–H groups in total. The molecule has 0 saturated carbocycles. The third-order valence-corrected chi connectivity index (χ3v) is 10.3. The first kappa shape index (κ1) is 28.5.